The first-order valence-corrected chi connectivity index (χ1v) is 12.1. The lowest BCUT2D eigenvalue weighted by Gasteiger charge is -2.30. The third-order valence-electron chi connectivity index (χ3n) is 6.64. The van der Waals surface area contributed by atoms with Crippen molar-refractivity contribution in [3.8, 4) is 0 Å². The molecule has 1 saturated heterocycles. The Balaban J connectivity index is 1.36. The fourth-order valence-electron chi connectivity index (χ4n) is 4.75. The first kappa shape index (κ1) is 23.2. The molecule has 0 radical (unpaired) electrons. The van der Waals surface area contributed by atoms with E-state index in [1.807, 2.05) is 23.2 Å². The second-order valence-electron chi connectivity index (χ2n) is 8.99. The van der Waals surface area contributed by atoms with E-state index in [0.29, 0.717) is 25.9 Å². The minimum absolute atomic E-state index is 0.0460. The third-order valence-corrected chi connectivity index (χ3v) is 6.64. The van der Waals surface area contributed by atoms with Crippen molar-refractivity contribution in [3.63, 3.8) is 0 Å². The third kappa shape index (κ3) is 6.75. The average Bonchev–Trinajstić information content (AvgIpc) is 2.90. The van der Waals surface area contributed by atoms with Crippen molar-refractivity contribution in [1.29, 1.82) is 0 Å². The number of amides is 2. The van der Waals surface area contributed by atoms with Crippen molar-refractivity contribution >= 4 is 17.4 Å². The summed E-state index contributed by atoms with van der Waals surface area (Å²) in [6.45, 7) is 4.37. The summed E-state index contributed by atoms with van der Waals surface area (Å²) >= 11 is 0. The highest BCUT2D eigenvalue weighted by Gasteiger charge is 2.26. The summed E-state index contributed by atoms with van der Waals surface area (Å²) < 4.78 is 0. The van der Waals surface area contributed by atoms with Crippen molar-refractivity contribution in [2.75, 3.05) is 32.7 Å². The summed E-state index contributed by atoms with van der Waals surface area (Å²) in [5.41, 5.74) is 3.71. The molecular weight excluding hydrogens is 412 g/mol. The van der Waals surface area contributed by atoms with Crippen LogP contribution < -0.4 is 5.32 Å². The number of hydrogen-bond acceptors (Lipinski definition) is 4. The molecule has 1 unspecified atom stereocenters. The number of aromatic nitrogens is 1. The first-order chi connectivity index (χ1) is 16.2. The highest BCUT2D eigenvalue weighted by atomic mass is 16.2. The predicted octanol–water partition coefficient (Wildman–Crippen LogP) is 3.51. The molecule has 1 aromatic heterocycles. The van der Waals surface area contributed by atoms with Crippen LogP contribution in [0.1, 0.15) is 43.2 Å². The summed E-state index contributed by atoms with van der Waals surface area (Å²) in [7, 11) is 0. The molecule has 0 aliphatic carbocycles. The molecule has 174 valence electrons. The molecule has 2 aromatic rings. The maximum atomic E-state index is 13.4. The van der Waals surface area contributed by atoms with Crippen LogP contribution >= 0.6 is 0 Å². The molecule has 33 heavy (non-hydrogen) atoms. The largest absolute Gasteiger partial charge is 0.356 e. The first-order valence-electron chi connectivity index (χ1n) is 12.1. The Kier molecular flexibility index (Phi) is 8.25. The Morgan fingerprint density at radius 1 is 1.03 bits per heavy atom. The topological polar surface area (TPSA) is 65.5 Å². The number of nitrogens with one attached hydrogen (secondary N) is 1. The number of benzene rings is 1. The molecule has 4 rings (SSSR count). The molecule has 1 fully saturated rings. The van der Waals surface area contributed by atoms with Crippen LogP contribution in [0.4, 0.5) is 0 Å². The van der Waals surface area contributed by atoms with Crippen LogP contribution in [0.5, 0.6) is 0 Å². The van der Waals surface area contributed by atoms with Gasteiger partial charge in [-0.1, -0.05) is 42.5 Å². The lowest BCUT2D eigenvalue weighted by Crippen LogP contribution is -2.40. The standard InChI is InChI=1S/C27H34N4O2/c32-26-13-17-30(21-22-6-4-14-28-20-22)16-5-9-25(10-15-29-26)27(33)31-18-11-24(12-19-31)23-7-2-1-3-8-23/h1-4,6-8,11,14,20,25H,5,9-10,12-13,15-19,21H2,(H,29,32). The molecular formula is C27H34N4O2. The van der Waals surface area contributed by atoms with Gasteiger partial charge in [0.25, 0.3) is 0 Å². The molecule has 0 saturated carbocycles. The van der Waals surface area contributed by atoms with Gasteiger partial charge in [-0.05, 0) is 55.0 Å². The molecule has 2 aliphatic heterocycles. The monoisotopic (exact) mass is 446 g/mol. The number of carbonyl (C=O) groups is 2. The molecule has 1 atom stereocenters. The van der Waals surface area contributed by atoms with E-state index in [2.05, 4.69) is 51.6 Å². The fraction of sp³-hybridized carbons (Fsp3) is 0.444. The molecule has 0 bridgehead atoms. The molecule has 1 N–H and O–H groups in total. The van der Waals surface area contributed by atoms with Gasteiger partial charge in [0.1, 0.15) is 0 Å². The maximum Gasteiger partial charge on any atom is 0.226 e. The van der Waals surface area contributed by atoms with E-state index in [0.717, 1.165) is 51.0 Å². The Bertz CT molecular complexity index is 945. The molecule has 2 aliphatic rings. The van der Waals surface area contributed by atoms with E-state index in [-0.39, 0.29) is 17.7 Å². The molecule has 0 spiro atoms. The molecule has 6 heteroatoms. The minimum atomic E-state index is -0.0460. The van der Waals surface area contributed by atoms with Crippen LogP contribution in [0, 0.1) is 5.92 Å². The van der Waals surface area contributed by atoms with Crippen LogP contribution in [-0.2, 0) is 16.1 Å². The van der Waals surface area contributed by atoms with Gasteiger partial charge in [0.15, 0.2) is 0 Å². The number of hydrogen-bond donors (Lipinski definition) is 1. The van der Waals surface area contributed by atoms with E-state index in [4.69, 9.17) is 0 Å². The van der Waals surface area contributed by atoms with Crippen molar-refractivity contribution in [3.05, 3.63) is 72.1 Å². The van der Waals surface area contributed by atoms with Crippen LogP contribution in [0.25, 0.3) is 5.57 Å². The number of pyridine rings is 1. The summed E-state index contributed by atoms with van der Waals surface area (Å²) in [5.74, 6) is 0.244. The Morgan fingerprint density at radius 3 is 2.67 bits per heavy atom. The van der Waals surface area contributed by atoms with Gasteiger partial charge in [0.05, 0.1) is 0 Å². The summed E-state index contributed by atoms with van der Waals surface area (Å²) in [4.78, 5) is 34.2. The normalized spacial score (nSPS) is 21.0. The summed E-state index contributed by atoms with van der Waals surface area (Å²) in [6, 6.07) is 14.4. The summed E-state index contributed by atoms with van der Waals surface area (Å²) in [5, 5.41) is 3.02. The van der Waals surface area contributed by atoms with E-state index in [1.165, 1.54) is 11.1 Å². The van der Waals surface area contributed by atoms with E-state index >= 15 is 0 Å². The zero-order chi connectivity index (χ0) is 22.9. The van der Waals surface area contributed by atoms with Crippen LogP contribution in [0.3, 0.4) is 0 Å². The van der Waals surface area contributed by atoms with Gasteiger partial charge >= 0.3 is 0 Å². The zero-order valence-corrected chi connectivity index (χ0v) is 19.3. The van der Waals surface area contributed by atoms with Gasteiger partial charge in [-0.25, -0.2) is 0 Å². The van der Waals surface area contributed by atoms with Crippen LogP contribution in [0.15, 0.2) is 60.9 Å². The number of carbonyl (C=O) groups excluding carboxylic acids is 2. The summed E-state index contributed by atoms with van der Waals surface area (Å²) in [6.07, 6.45) is 9.73. The second-order valence-corrected chi connectivity index (χ2v) is 8.99. The van der Waals surface area contributed by atoms with Crippen molar-refractivity contribution in [2.24, 2.45) is 5.92 Å². The lowest BCUT2D eigenvalue weighted by atomic mass is 9.95. The minimum Gasteiger partial charge on any atom is -0.356 e. The van der Waals surface area contributed by atoms with Crippen molar-refractivity contribution in [1.82, 2.24) is 20.1 Å². The van der Waals surface area contributed by atoms with Gasteiger partial charge in [-0.3, -0.25) is 19.5 Å². The SMILES string of the molecule is O=C1CCN(Cc2cccnc2)CCCC(C(=O)N2CC=C(c3ccccc3)CC2)CCN1. The van der Waals surface area contributed by atoms with Gasteiger partial charge in [0.2, 0.25) is 11.8 Å². The number of rotatable bonds is 4. The second kappa shape index (κ2) is 11.8. The van der Waals surface area contributed by atoms with Gasteiger partial charge < -0.3 is 10.2 Å². The molecule has 2 amide bonds. The van der Waals surface area contributed by atoms with Gasteiger partial charge in [0, 0.05) is 57.5 Å². The molecule has 1 aromatic carbocycles. The van der Waals surface area contributed by atoms with E-state index in [1.54, 1.807) is 6.20 Å². The Labute approximate surface area is 196 Å². The van der Waals surface area contributed by atoms with Crippen LogP contribution in [0.2, 0.25) is 0 Å². The average molecular weight is 447 g/mol. The smallest absolute Gasteiger partial charge is 0.226 e. The van der Waals surface area contributed by atoms with E-state index in [9.17, 15) is 9.59 Å². The molecule has 6 nitrogen and oxygen atoms in total. The van der Waals surface area contributed by atoms with Crippen LogP contribution in [-0.4, -0.2) is 59.3 Å². The van der Waals surface area contributed by atoms with Gasteiger partial charge in [-0.15, -0.1) is 0 Å². The number of nitrogens with zero attached hydrogens (tertiary/aromatic N) is 3. The van der Waals surface area contributed by atoms with Gasteiger partial charge in [-0.2, -0.15) is 0 Å². The quantitative estimate of drug-likeness (QED) is 0.781. The highest BCUT2D eigenvalue weighted by molar-refractivity contribution is 5.81. The fourth-order valence-corrected chi connectivity index (χ4v) is 4.75. The molecule has 3 heterocycles. The van der Waals surface area contributed by atoms with Crippen molar-refractivity contribution < 1.29 is 9.59 Å². The lowest BCUT2D eigenvalue weighted by molar-refractivity contribution is -0.135. The zero-order valence-electron chi connectivity index (χ0n) is 19.3. The van der Waals surface area contributed by atoms with Crippen molar-refractivity contribution in [2.45, 2.75) is 38.6 Å². The predicted molar refractivity (Wildman–Crippen MR) is 130 cm³/mol. The maximum absolute atomic E-state index is 13.4. The highest BCUT2D eigenvalue weighted by Crippen LogP contribution is 2.24. The Morgan fingerprint density at radius 2 is 1.91 bits per heavy atom. The Hall–Kier alpha value is -2.99. The van der Waals surface area contributed by atoms with E-state index < -0.39 is 0 Å².